The molecule has 164 valence electrons. The number of para-hydroxylation sites is 1. The zero-order chi connectivity index (χ0) is 22.7. The number of aliphatic carboxylic acids is 1. The number of carbonyl (C=O) groups excluding carboxylic acids is 1. The predicted octanol–water partition coefficient (Wildman–Crippen LogP) is 5.37. The van der Waals surface area contributed by atoms with Crippen LogP contribution in [-0.4, -0.2) is 27.7 Å². The van der Waals surface area contributed by atoms with Crippen molar-refractivity contribution < 1.29 is 23.8 Å². The number of fused-ring (bicyclic) bond motifs is 1. The van der Waals surface area contributed by atoms with E-state index in [0.29, 0.717) is 22.3 Å². The molecule has 0 aliphatic rings. The number of benzene rings is 2. The second-order valence-electron chi connectivity index (χ2n) is 7.49. The summed E-state index contributed by atoms with van der Waals surface area (Å²) in [4.78, 5) is 30.4. The van der Waals surface area contributed by atoms with Crippen molar-refractivity contribution in [2.75, 3.05) is 10.2 Å². The van der Waals surface area contributed by atoms with Gasteiger partial charge in [-0.15, -0.1) is 0 Å². The number of carboxylic acid groups (broad SMARTS) is 1. The molecule has 0 spiro atoms. The fourth-order valence-electron chi connectivity index (χ4n) is 2.96. The first kappa shape index (κ1) is 21.4. The molecule has 2 N–H and O–H groups in total. The molecule has 32 heavy (non-hydrogen) atoms. The highest BCUT2D eigenvalue weighted by Gasteiger charge is 2.29. The summed E-state index contributed by atoms with van der Waals surface area (Å²) in [6, 6.07) is 17.4. The second kappa shape index (κ2) is 8.72. The molecule has 0 atom stereocenters. The van der Waals surface area contributed by atoms with Gasteiger partial charge in [-0.2, -0.15) is 0 Å². The third kappa shape index (κ3) is 4.73. The number of amides is 2. The fraction of sp³-hybridized carbons (Fsp3) is 0.174. The first-order valence-corrected chi connectivity index (χ1v) is 10.6. The number of anilines is 2. The largest absolute Gasteiger partial charge is 0.478 e. The van der Waals surface area contributed by atoms with E-state index < -0.39 is 11.6 Å². The van der Waals surface area contributed by atoms with E-state index >= 15 is 0 Å². The van der Waals surface area contributed by atoms with Crippen LogP contribution in [0.5, 0.6) is 5.75 Å². The highest BCUT2D eigenvalue weighted by molar-refractivity contribution is 7.22. The average Bonchev–Trinajstić information content (AvgIpc) is 3.41. The van der Waals surface area contributed by atoms with E-state index in [9.17, 15) is 14.7 Å². The standard InChI is InChI=1S/C23H21N3O5S/c1-23(2,20(27)28)31-16-11-9-15(10-12-16)26(14-17-6-5-13-30-17)22(29)25-21-24-18-7-3-4-8-19(18)32-21/h3-13H,14H2,1-2H3,(H,27,28)(H,24,25,29). The van der Waals surface area contributed by atoms with Gasteiger partial charge in [-0.25, -0.2) is 14.6 Å². The number of thiazole rings is 1. The number of furan rings is 1. The lowest BCUT2D eigenvalue weighted by Crippen LogP contribution is -2.38. The van der Waals surface area contributed by atoms with Crippen LogP contribution in [-0.2, 0) is 11.3 Å². The minimum atomic E-state index is -1.38. The minimum absolute atomic E-state index is 0.199. The Morgan fingerprint density at radius 3 is 2.53 bits per heavy atom. The Morgan fingerprint density at radius 2 is 1.88 bits per heavy atom. The van der Waals surface area contributed by atoms with Crippen LogP contribution in [0.4, 0.5) is 15.6 Å². The number of aromatic nitrogens is 1. The number of carboxylic acids is 1. The molecule has 0 fully saturated rings. The van der Waals surface area contributed by atoms with Gasteiger partial charge in [0.05, 0.1) is 23.0 Å². The normalized spacial score (nSPS) is 11.3. The Kier molecular flexibility index (Phi) is 5.83. The van der Waals surface area contributed by atoms with E-state index in [-0.39, 0.29) is 12.6 Å². The van der Waals surface area contributed by atoms with Crippen LogP contribution in [0.15, 0.2) is 71.3 Å². The molecule has 4 aromatic rings. The first-order chi connectivity index (χ1) is 15.3. The van der Waals surface area contributed by atoms with E-state index in [1.54, 1.807) is 42.7 Å². The van der Waals surface area contributed by atoms with Gasteiger partial charge in [0.2, 0.25) is 0 Å². The molecular formula is C23H21N3O5S. The van der Waals surface area contributed by atoms with Crippen LogP contribution < -0.4 is 15.0 Å². The monoisotopic (exact) mass is 451 g/mol. The van der Waals surface area contributed by atoms with E-state index in [1.165, 1.54) is 30.1 Å². The molecule has 0 aliphatic heterocycles. The van der Waals surface area contributed by atoms with Crippen molar-refractivity contribution in [2.45, 2.75) is 26.0 Å². The lowest BCUT2D eigenvalue weighted by molar-refractivity contribution is -0.152. The number of urea groups is 1. The Hall–Kier alpha value is -3.85. The van der Waals surface area contributed by atoms with Crippen LogP contribution in [0.25, 0.3) is 10.2 Å². The summed E-state index contributed by atoms with van der Waals surface area (Å²) in [7, 11) is 0. The Labute approximate surface area is 188 Å². The molecule has 2 aromatic carbocycles. The lowest BCUT2D eigenvalue weighted by Gasteiger charge is -2.24. The van der Waals surface area contributed by atoms with E-state index in [2.05, 4.69) is 10.3 Å². The maximum absolute atomic E-state index is 13.2. The first-order valence-electron chi connectivity index (χ1n) is 9.81. The molecule has 0 unspecified atom stereocenters. The van der Waals surface area contributed by atoms with Gasteiger partial charge < -0.3 is 14.3 Å². The molecule has 0 aliphatic carbocycles. The number of hydrogen-bond acceptors (Lipinski definition) is 6. The molecule has 0 radical (unpaired) electrons. The van der Waals surface area contributed by atoms with Crippen LogP contribution >= 0.6 is 11.3 Å². The summed E-state index contributed by atoms with van der Waals surface area (Å²) in [5, 5.41) is 12.6. The molecule has 4 rings (SSSR count). The molecule has 2 heterocycles. The SMILES string of the molecule is CC(C)(Oc1ccc(N(Cc2ccco2)C(=O)Nc2nc3ccccc3s2)cc1)C(=O)O. The maximum atomic E-state index is 13.2. The van der Waals surface area contributed by atoms with Gasteiger partial charge in [0.15, 0.2) is 10.7 Å². The van der Waals surface area contributed by atoms with E-state index in [0.717, 1.165) is 10.2 Å². The summed E-state index contributed by atoms with van der Waals surface area (Å²) in [5.74, 6) is -0.0845. The molecule has 8 nitrogen and oxygen atoms in total. The third-order valence-electron chi connectivity index (χ3n) is 4.68. The fourth-order valence-corrected chi connectivity index (χ4v) is 3.81. The smallest absolute Gasteiger partial charge is 0.347 e. The van der Waals surface area contributed by atoms with E-state index in [4.69, 9.17) is 9.15 Å². The van der Waals surface area contributed by atoms with Crippen molar-refractivity contribution in [1.82, 2.24) is 4.98 Å². The summed E-state index contributed by atoms with van der Waals surface area (Å²) < 4.78 is 11.9. The van der Waals surface area contributed by atoms with Gasteiger partial charge in [0.1, 0.15) is 11.5 Å². The van der Waals surface area contributed by atoms with Crippen molar-refractivity contribution >= 4 is 44.4 Å². The van der Waals surface area contributed by atoms with Gasteiger partial charge in [-0.05, 0) is 62.4 Å². The highest BCUT2D eigenvalue weighted by Crippen LogP contribution is 2.28. The van der Waals surface area contributed by atoms with Crippen LogP contribution in [0.1, 0.15) is 19.6 Å². The number of nitrogens with zero attached hydrogens (tertiary/aromatic N) is 2. The highest BCUT2D eigenvalue weighted by atomic mass is 32.1. The zero-order valence-electron chi connectivity index (χ0n) is 17.4. The lowest BCUT2D eigenvalue weighted by atomic mass is 10.1. The molecule has 0 saturated carbocycles. The second-order valence-corrected chi connectivity index (χ2v) is 8.52. The average molecular weight is 452 g/mol. The molecular weight excluding hydrogens is 430 g/mol. The number of carbonyl (C=O) groups is 2. The van der Waals surface area contributed by atoms with Crippen LogP contribution in [0.3, 0.4) is 0 Å². The number of nitrogens with one attached hydrogen (secondary N) is 1. The van der Waals surface area contributed by atoms with Crippen LogP contribution in [0, 0.1) is 0 Å². The quantitative estimate of drug-likeness (QED) is 0.391. The van der Waals surface area contributed by atoms with Crippen molar-refractivity contribution in [3.8, 4) is 5.75 Å². The molecule has 2 aromatic heterocycles. The van der Waals surface area contributed by atoms with Crippen molar-refractivity contribution in [3.63, 3.8) is 0 Å². The summed E-state index contributed by atoms with van der Waals surface area (Å²) in [5.41, 5.74) is 0.0213. The van der Waals surface area contributed by atoms with Crippen molar-refractivity contribution in [1.29, 1.82) is 0 Å². The zero-order valence-corrected chi connectivity index (χ0v) is 18.3. The number of hydrogen-bond donors (Lipinski definition) is 2. The van der Waals surface area contributed by atoms with Gasteiger partial charge in [-0.3, -0.25) is 10.2 Å². The summed E-state index contributed by atoms with van der Waals surface area (Å²) >= 11 is 1.39. The number of ether oxygens (including phenoxy) is 1. The topological polar surface area (TPSA) is 105 Å². The third-order valence-corrected chi connectivity index (χ3v) is 5.64. The van der Waals surface area contributed by atoms with Gasteiger partial charge in [0, 0.05) is 5.69 Å². The summed E-state index contributed by atoms with van der Waals surface area (Å²) in [6.07, 6.45) is 1.55. The number of rotatable bonds is 7. The van der Waals surface area contributed by atoms with Crippen molar-refractivity contribution in [2.24, 2.45) is 0 Å². The van der Waals surface area contributed by atoms with Gasteiger partial charge in [-0.1, -0.05) is 23.5 Å². The molecule has 0 bridgehead atoms. The Balaban J connectivity index is 1.57. The molecule has 9 heteroatoms. The Bertz CT molecular complexity index is 1200. The molecule has 0 saturated heterocycles. The van der Waals surface area contributed by atoms with E-state index in [1.807, 2.05) is 24.3 Å². The van der Waals surface area contributed by atoms with Gasteiger partial charge >= 0.3 is 12.0 Å². The van der Waals surface area contributed by atoms with Gasteiger partial charge in [0.25, 0.3) is 0 Å². The maximum Gasteiger partial charge on any atom is 0.347 e. The predicted molar refractivity (Wildman–Crippen MR) is 122 cm³/mol. The van der Waals surface area contributed by atoms with Crippen molar-refractivity contribution in [3.05, 3.63) is 72.7 Å². The summed E-state index contributed by atoms with van der Waals surface area (Å²) in [6.45, 7) is 3.14. The Morgan fingerprint density at radius 1 is 1.12 bits per heavy atom. The minimum Gasteiger partial charge on any atom is -0.478 e. The van der Waals surface area contributed by atoms with Crippen LogP contribution in [0.2, 0.25) is 0 Å². The molecule has 2 amide bonds.